The highest BCUT2D eigenvalue weighted by Crippen LogP contribution is 2.27. The largest absolute Gasteiger partial charge is 0.497 e. The molecule has 1 atom stereocenters. The highest BCUT2D eigenvalue weighted by molar-refractivity contribution is 6.31. The van der Waals surface area contributed by atoms with E-state index in [1.165, 1.54) is 0 Å². The van der Waals surface area contributed by atoms with Crippen molar-refractivity contribution in [3.8, 4) is 17.6 Å². The lowest BCUT2D eigenvalue weighted by Crippen LogP contribution is -2.02. The molecule has 0 spiro atoms. The number of hydrogen-bond donors (Lipinski definition) is 0. The molecule has 0 fully saturated rings. The van der Waals surface area contributed by atoms with Crippen LogP contribution < -0.4 is 9.47 Å². The van der Waals surface area contributed by atoms with Crippen LogP contribution in [0.25, 0.3) is 0 Å². The molecular weight excluding hydrogens is 298 g/mol. The number of methoxy groups -OCH3 is 1. The van der Waals surface area contributed by atoms with Gasteiger partial charge in [-0.15, -0.1) is 0 Å². The molecule has 0 bridgehead atoms. The summed E-state index contributed by atoms with van der Waals surface area (Å²) in [5.74, 6) is 1.40. The van der Waals surface area contributed by atoms with Crippen LogP contribution in [0.3, 0.4) is 0 Å². The second kappa shape index (κ2) is 8.31. The zero-order valence-corrected chi connectivity index (χ0v) is 13.2. The minimum atomic E-state index is -0.201. The molecule has 0 radical (unpaired) electrons. The maximum atomic E-state index is 9.31. The predicted molar refractivity (Wildman–Crippen MR) is 87.5 cm³/mol. The fourth-order valence-electron chi connectivity index (χ4n) is 2.20. The van der Waals surface area contributed by atoms with E-state index >= 15 is 0 Å². The summed E-state index contributed by atoms with van der Waals surface area (Å²) in [6, 6.07) is 17.3. The van der Waals surface area contributed by atoms with Gasteiger partial charge in [0.2, 0.25) is 0 Å². The fraction of sp³-hybridized carbons (Fsp3) is 0.278. The van der Waals surface area contributed by atoms with Gasteiger partial charge in [0.25, 0.3) is 0 Å². The lowest BCUT2D eigenvalue weighted by molar-refractivity contribution is 0.304. The Labute approximate surface area is 136 Å². The third-order valence-electron chi connectivity index (χ3n) is 3.40. The van der Waals surface area contributed by atoms with E-state index in [0.717, 1.165) is 29.9 Å². The van der Waals surface area contributed by atoms with Crippen molar-refractivity contribution in [2.75, 3.05) is 13.7 Å². The molecule has 2 aromatic rings. The van der Waals surface area contributed by atoms with Crippen molar-refractivity contribution < 1.29 is 9.47 Å². The predicted octanol–water partition coefficient (Wildman–Crippen LogP) is 4.81. The van der Waals surface area contributed by atoms with Crippen LogP contribution in [0.5, 0.6) is 11.5 Å². The first-order chi connectivity index (χ1) is 10.7. The Morgan fingerprint density at radius 2 is 1.77 bits per heavy atom. The van der Waals surface area contributed by atoms with Gasteiger partial charge in [0.05, 0.1) is 25.7 Å². The molecule has 0 aliphatic rings. The first-order valence-corrected chi connectivity index (χ1v) is 7.53. The second-order valence-corrected chi connectivity index (χ2v) is 5.28. The van der Waals surface area contributed by atoms with E-state index in [1.54, 1.807) is 7.11 Å². The lowest BCUT2D eigenvalue weighted by atomic mass is 9.96. The first-order valence-electron chi connectivity index (χ1n) is 7.15. The molecule has 0 N–H and O–H groups in total. The SMILES string of the molecule is COc1ccc(OCCCC(C#N)c2ccccc2Cl)cc1. The zero-order chi connectivity index (χ0) is 15.8. The lowest BCUT2D eigenvalue weighted by Gasteiger charge is -2.12. The van der Waals surface area contributed by atoms with Crippen molar-refractivity contribution in [1.29, 1.82) is 5.26 Å². The van der Waals surface area contributed by atoms with E-state index in [-0.39, 0.29) is 5.92 Å². The summed E-state index contributed by atoms with van der Waals surface area (Å²) >= 11 is 6.14. The van der Waals surface area contributed by atoms with Gasteiger partial charge in [-0.25, -0.2) is 0 Å². The van der Waals surface area contributed by atoms with Gasteiger partial charge < -0.3 is 9.47 Å². The van der Waals surface area contributed by atoms with Gasteiger partial charge >= 0.3 is 0 Å². The Bertz CT molecular complexity index is 634. The van der Waals surface area contributed by atoms with Gasteiger partial charge in [-0.2, -0.15) is 5.26 Å². The van der Waals surface area contributed by atoms with Crippen molar-refractivity contribution >= 4 is 11.6 Å². The molecular formula is C18H18ClNO2. The van der Waals surface area contributed by atoms with Crippen molar-refractivity contribution in [2.45, 2.75) is 18.8 Å². The first kappa shape index (κ1) is 16.2. The van der Waals surface area contributed by atoms with Gasteiger partial charge in [0, 0.05) is 5.02 Å². The van der Waals surface area contributed by atoms with Gasteiger partial charge in [0.1, 0.15) is 11.5 Å². The van der Waals surface area contributed by atoms with Gasteiger partial charge in [0.15, 0.2) is 0 Å². The number of hydrogen-bond acceptors (Lipinski definition) is 3. The fourth-order valence-corrected chi connectivity index (χ4v) is 2.46. The topological polar surface area (TPSA) is 42.2 Å². The number of nitriles is 1. The Kier molecular flexibility index (Phi) is 6.12. The van der Waals surface area contributed by atoms with Crippen LogP contribution in [-0.2, 0) is 0 Å². The molecule has 4 heteroatoms. The molecule has 0 aromatic heterocycles. The molecule has 2 aromatic carbocycles. The standard InChI is InChI=1S/C18H18ClNO2/c1-21-15-8-10-16(11-9-15)22-12-4-5-14(13-20)17-6-2-3-7-18(17)19/h2-3,6-11,14H,4-5,12H2,1H3. The zero-order valence-electron chi connectivity index (χ0n) is 12.5. The number of halogens is 1. The normalized spacial score (nSPS) is 11.5. The van der Waals surface area contributed by atoms with Crippen LogP contribution >= 0.6 is 11.6 Å². The van der Waals surface area contributed by atoms with Crippen molar-refractivity contribution in [3.05, 3.63) is 59.1 Å². The molecule has 0 heterocycles. The average molecular weight is 316 g/mol. The minimum absolute atomic E-state index is 0.201. The number of benzene rings is 2. The Hall–Kier alpha value is -2.18. The minimum Gasteiger partial charge on any atom is -0.497 e. The molecule has 3 nitrogen and oxygen atoms in total. The van der Waals surface area contributed by atoms with Crippen LogP contribution in [0.2, 0.25) is 5.02 Å². The maximum Gasteiger partial charge on any atom is 0.119 e. The Morgan fingerprint density at radius 1 is 1.09 bits per heavy atom. The van der Waals surface area contributed by atoms with E-state index in [4.69, 9.17) is 21.1 Å². The summed E-state index contributed by atoms with van der Waals surface area (Å²) in [6.07, 6.45) is 1.51. The molecule has 22 heavy (non-hydrogen) atoms. The summed E-state index contributed by atoms with van der Waals surface area (Å²) in [5.41, 5.74) is 0.885. The third kappa shape index (κ3) is 4.41. The number of ether oxygens (including phenoxy) is 2. The summed E-state index contributed by atoms with van der Waals surface area (Å²) < 4.78 is 10.8. The summed E-state index contributed by atoms with van der Waals surface area (Å²) in [7, 11) is 1.63. The Morgan fingerprint density at radius 3 is 2.41 bits per heavy atom. The molecule has 0 amide bonds. The summed E-state index contributed by atoms with van der Waals surface area (Å²) in [6.45, 7) is 0.564. The summed E-state index contributed by atoms with van der Waals surface area (Å²) in [4.78, 5) is 0. The van der Waals surface area contributed by atoms with E-state index in [9.17, 15) is 5.26 Å². The number of nitrogens with zero attached hydrogens (tertiary/aromatic N) is 1. The van der Waals surface area contributed by atoms with E-state index in [2.05, 4.69) is 6.07 Å². The molecule has 2 rings (SSSR count). The van der Waals surface area contributed by atoms with Crippen LogP contribution in [0.4, 0.5) is 0 Å². The quantitative estimate of drug-likeness (QED) is 0.688. The second-order valence-electron chi connectivity index (χ2n) is 4.87. The monoisotopic (exact) mass is 315 g/mol. The maximum absolute atomic E-state index is 9.31. The highest BCUT2D eigenvalue weighted by atomic mass is 35.5. The Balaban J connectivity index is 1.82. The van der Waals surface area contributed by atoms with Crippen molar-refractivity contribution in [2.24, 2.45) is 0 Å². The van der Waals surface area contributed by atoms with Gasteiger partial charge in [-0.1, -0.05) is 29.8 Å². The molecule has 0 saturated heterocycles. The van der Waals surface area contributed by atoms with Crippen LogP contribution in [0, 0.1) is 11.3 Å². The van der Waals surface area contributed by atoms with Crippen molar-refractivity contribution in [1.82, 2.24) is 0 Å². The van der Waals surface area contributed by atoms with Crippen molar-refractivity contribution in [3.63, 3.8) is 0 Å². The van der Waals surface area contributed by atoms with Gasteiger partial charge in [-0.3, -0.25) is 0 Å². The number of rotatable bonds is 7. The van der Waals surface area contributed by atoms with Gasteiger partial charge in [-0.05, 0) is 48.7 Å². The highest BCUT2D eigenvalue weighted by Gasteiger charge is 2.13. The van der Waals surface area contributed by atoms with Crippen LogP contribution in [0.15, 0.2) is 48.5 Å². The van der Waals surface area contributed by atoms with Crippen LogP contribution in [0.1, 0.15) is 24.3 Å². The average Bonchev–Trinajstić information content (AvgIpc) is 2.56. The van der Waals surface area contributed by atoms with E-state index < -0.39 is 0 Å². The molecule has 1 unspecified atom stereocenters. The van der Waals surface area contributed by atoms with Crippen LogP contribution in [-0.4, -0.2) is 13.7 Å². The van der Waals surface area contributed by atoms with E-state index in [1.807, 2.05) is 48.5 Å². The van der Waals surface area contributed by atoms with E-state index in [0.29, 0.717) is 11.6 Å². The smallest absolute Gasteiger partial charge is 0.119 e. The molecule has 0 aliphatic carbocycles. The molecule has 114 valence electrons. The molecule has 0 saturated carbocycles. The molecule has 0 aliphatic heterocycles. The third-order valence-corrected chi connectivity index (χ3v) is 3.75. The summed E-state index contributed by atoms with van der Waals surface area (Å²) in [5, 5.41) is 9.96.